The second kappa shape index (κ2) is 6.98. The average Bonchev–Trinajstić information content (AvgIpc) is 2.40. The van der Waals surface area contributed by atoms with Crippen LogP contribution in [0.15, 0.2) is 0 Å². The Balaban J connectivity index is 2.61. The highest BCUT2D eigenvalue weighted by atomic mass is 15.2. The fraction of sp³-hybridized carbons (Fsp3) is 0.929. The number of hydrogen-bond acceptors (Lipinski definition) is 3. The Morgan fingerprint density at radius 3 is 2.76 bits per heavy atom. The fourth-order valence-corrected chi connectivity index (χ4v) is 2.90. The lowest BCUT2D eigenvalue weighted by atomic mass is 9.79. The van der Waals surface area contributed by atoms with E-state index < -0.39 is 0 Å². The van der Waals surface area contributed by atoms with Crippen LogP contribution in [-0.2, 0) is 0 Å². The normalized spacial score (nSPS) is 29.2. The van der Waals surface area contributed by atoms with Crippen LogP contribution in [0.4, 0.5) is 0 Å². The summed E-state index contributed by atoms with van der Waals surface area (Å²) in [5.74, 6) is 0. The highest BCUT2D eigenvalue weighted by Crippen LogP contribution is 2.30. The third-order valence-electron chi connectivity index (χ3n) is 4.14. The standard InChI is InChI=1S/C14H27N3/c1-4-6-10-17(5-2)13-8-7-9-14(11-13,12-15)16-3/h13,16H,4-11H2,1-3H3. The van der Waals surface area contributed by atoms with E-state index in [1.807, 2.05) is 7.05 Å². The van der Waals surface area contributed by atoms with E-state index in [4.69, 9.17) is 0 Å². The topological polar surface area (TPSA) is 39.1 Å². The van der Waals surface area contributed by atoms with Crippen molar-refractivity contribution in [3.05, 3.63) is 0 Å². The lowest BCUT2D eigenvalue weighted by Gasteiger charge is -2.41. The van der Waals surface area contributed by atoms with E-state index in [0.29, 0.717) is 6.04 Å². The molecule has 0 aromatic carbocycles. The van der Waals surface area contributed by atoms with Gasteiger partial charge in [-0.25, -0.2) is 0 Å². The first-order chi connectivity index (χ1) is 8.21. The maximum absolute atomic E-state index is 9.36. The van der Waals surface area contributed by atoms with Crippen molar-refractivity contribution in [3.63, 3.8) is 0 Å². The van der Waals surface area contributed by atoms with Crippen molar-refractivity contribution < 1.29 is 0 Å². The minimum atomic E-state index is -0.275. The van der Waals surface area contributed by atoms with Crippen LogP contribution in [0, 0.1) is 11.3 Å². The molecule has 1 fully saturated rings. The molecule has 98 valence electrons. The molecule has 0 saturated heterocycles. The molecule has 1 aliphatic carbocycles. The predicted molar refractivity (Wildman–Crippen MR) is 71.8 cm³/mol. The van der Waals surface area contributed by atoms with E-state index in [1.54, 1.807) is 0 Å². The number of hydrogen-bond donors (Lipinski definition) is 1. The van der Waals surface area contributed by atoms with E-state index in [1.165, 1.54) is 32.2 Å². The molecule has 2 unspecified atom stereocenters. The minimum Gasteiger partial charge on any atom is -0.302 e. The van der Waals surface area contributed by atoms with Crippen LogP contribution in [0.1, 0.15) is 52.4 Å². The van der Waals surface area contributed by atoms with Gasteiger partial charge in [0.25, 0.3) is 0 Å². The van der Waals surface area contributed by atoms with Crippen molar-refractivity contribution in [1.82, 2.24) is 10.2 Å². The molecule has 0 aliphatic heterocycles. The van der Waals surface area contributed by atoms with Crippen molar-refractivity contribution in [2.24, 2.45) is 0 Å². The third-order valence-corrected chi connectivity index (χ3v) is 4.14. The minimum absolute atomic E-state index is 0.275. The Labute approximate surface area is 106 Å². The highest BCUT2D eigenvalue weighted by Gasteiger charge is 2.36. The molecule has 1 aliphatic rings. The van der Waals surface area contributed by atoms with Gasteiger partial charge in [0, 0.05) is 6.04 Å². The summed E-state index contributed by atoms with van der Waals surface area (Å²) in [6, 6.07) is 3.08. The van der Waals surface area contributed by atoms with E-state index in [9.17, 15) is 5.26 Å². The lowest BCUT2D eigenvalue weighted by molar-refractivity contribution is 0.126. The second-order valence-corrected chi connectivity index (χ2v) is 5.18. The molecule has 1 saturated carbocycles. The van der Waals surface area contributed by atoms with Crippen LogP contribution in [0.5, 0.6) is 0 Å². The van der Waals surface area contributed by atoms with Gasteiger partial charge >= 0.3 is 0 Å². The van der Waals surface area contributed by atoms with Gasteiger partial charge in [0.15, 0.2) is 0 Å². The highest BCUT2D eigenvalue weighted by molar-refractivity contribution is 5.10. The summed E-state index contributed by atoms with van der Waals surface area (Å²) in [5.41, 5.74) is -0.275. The molecule has 0 radical (unpaired) electrons. The zero-order valence-electron chi connectivity index (χ0n) is 11.6. The number of unbranched alkanes of at least 4 members (excludes halogenated alkanes) is 1. The molecule has 0 spiro atoms. The molecular formula is C14H27N3. The Bertz CT molecular complexity index is 259. The van der Waals surface area contributed by atoms with Crippen molar-refractivity contribution in [1.29, 1.82) is 5.26 Å². The maximum Gasteiger partial charge on any atom is 0.108 e. The maximum atomic E-state index is 9.36. The van der Waals surface area contributed by atoms with Gasteiger partial charge in [0.1, 0.15) is 5.54 Å². The van der Waals surface area contributed by atoms with Gasteiger partial charge in [-0.1, -0.05) is 20.3 Å². The molecule has 1 rings (SSSR count). The van der Waals surface area contributed by atoms with Gasteiger partial charge < -0.3 is 10.2 Å². The summed E-state index contributed by atoms with van der Waals surface area (Å²) >= 11 is 0. The van der Waals surface area contributed by atoms with E-state index in [0.717, 1.165) is 19.4 Å². The molecule has 0 aromatic rings. The first-order valence-corrected chi connectivity index (χ1v) is 7.05. The molecule has 0 amide bonds. The van der Waals surface area contributed by atoms with E-state index in [-0.39, 0.29) is 5.54 Å². The molecule has 0 aromatic heterocycles. The first kappa shape index (κ1) is 14.5. The average molecular weight is 237 g/mol. The SMILES string of the molecule is CCCCN(CC)C1CCCC(C#N)(NC)C1. The van der Waals surface area contributed by atoms with Crippen LogP contribution in [0.3, 0.4) is 0 Å². The summed E-state index contributed by atoms with van der Waals surface area (Å²) in [6.45, 7) is 6.76. The molecule has 2 atom stereocenters. The van der Waals surface area contributed by atoms with Gasteiger partial charge in [0.05, 0.1) is 6.07 Å². The molecule has 1 N–H and O–H groups in total. The molecule has 17 heavy (non-hydrogen) atoms. The van der Waals surface area contributed by atoms with Gasteiger partial charge in [-0.15, -0.1) is 0 Å². The van der Waals surface area contributed by atoms with Gasteiger partial charge in [-0.3, -0.25) is 0 Å². The molecule has 0 heterocycles. The number of nitrogens with zero attached hydrogens (tertiary/aromatic N) is 2. The molecular weight excluding hydrogens is 210 g/mol. The van der Waals surface area contributed by atoms with Crippen LogP contribution in [0.25, 0.3) is 0 Å². The van der Waals surface area contributed by atoms with Crippen LogP contribution in [-0.4, -0.2) is 36.6 Å². The van der Waals surface area contributed by atoms with Crippen LogP contribution >= 0.6 is 0 Å². The predicted octanol–water partition coefficient (Wildman–Crippen LogP) is 2.53. The van der Waals surface area contributed by atoms with E-state index >= 15 is 0 Å². The van der Waals surface area contributed by atoms with Crippen molar-refractivity contribution in [3.8, 4) is 6.07 Å². The molecule has 3 nitrogen and oxygen atoms in total. The van der Waals surface area contributed by atoms with Crippen molar-refractivity contribution in [2.75, 3.05) is 20.1 Å². The Hall–Kier alpha value is -0.590. The zero-order valence-corrected chi connectivity index (χ0v) is 11.6. The zero-order chi connectivity index (χ0) is 12.7. The summed E-state index contributed by atoms with van der Waals surface area (Å²) in [5, 5.41) is 12.6. The Kier molecular flexibility index (Phi) is 5.94. The Morgan fingerprint density at radius 1 is 1.47 bits per heavy atom. The van der Waals surface area contributed by atoms with Crippen LogP contribution < -0.4 is 5.32 Å². The van der Waals surface area contributed by atoms with Gasteiger partial charge in [-0.2, -0.15) is 5.26 Å². The third kappa shape index (κ3) is 3.69. The number of rotatable bonds is 6. The second-order valence-electron chi connectivity index (χ2n) is 5.18. The van der Waals surface area contributed by atoms with E-state index in [2.05, 4.69) is 30.1 Å². The lowest BCUT2D eigenvalue weighted by Crippen LogP contribution is -2.51. The van der Waals surface area contributed by atoms with Crippen LogP contribution in [0.2, 0.25) is 0 Å². The Morgan fingerprint density at radius 2 is 2.24 bits per heavy atom. The fourth-order valence-electron chi connectivity index (χ4n) is 2.90. The summed E-state index contributed by atoms with van der Waals surface area (Å²) in [7, 11) is 1.92. The van der Waals surface area contributed by atoms with Gasteiger partial charge in [0.2, 0.25) is 0 Å². The first-order valence-electron chi connectivity index (χ1n) is 7.05. The quantitative estimate of drug-likeness (QED) is 0.771. The smallest absolute Gasteiger partial charge is 0.108 e. The van der Waals surface area contributed by atoms with Crippen molar-refractivity contribution in [2.45, 2.75) is 64.0 Å². The number of nitrogens with one attached hydrogen (secondary N) is 1. The summed E-state index contributed by atoms with van der Waals surface area (Å²) in [6.07, 6.45) is 6.92. The monoisotopic (exact) mass is 237 g/mol. The summed E-state index contributed by atoms with van der Waals surface area (Å²) < 4.78 is 0. The summed E-state index contributed by atoms with van der Waals surface area (Å²) in [4.78, 5) is 2.56. The van der Waals surface area contributed by atoms with Crippen molar-refractivity contribution >= 4 is 0 Å². The largest absolute Gasteiger partial charge is 0.302 e. The molecule has 0 bridgehead atoms. The van der Waals surface area contributed by atoms with Gasteiger partial charge in [-0.05, 0) is 52.2 Å². The number of nitriles is 1. The molecule has 3 heteroatoms.